The summed E-state index contributed by atoms with van der Waals surface area (Å²) in [5.41, 5.74) is 9.52. The Morgan fingerprint density at radius 2 is 1.90 bits per heavy atom. The molecule has 0 atom stereocenters. The highest BCUT2D eigenvalue weighted by atomic mass is 16.5. The molecule has 0 amide bonds. The summed E-state index contributed by atoms with van der Waals surface area (Å²) in [5, 5.41) is 21.9. The molecule has 10 nitrogen and oxygen atoms in total. The Morgan fingerprint density at radius 1 is 1.10 bits per heavy atom. The predicted octanol–water partition coefficient (Wildman–Crippen LogP) is 0.278. The molecular formula is C20H22BN7O3. The second kappa shape index (κ2) is 8.68. The number of fused-ring (bicyclic) bond motifs is 1. The minimum absolute atomic E-state index is 0.345. The summed E-state index contributed by atoms with van der Waals surface area (Å²) in [6.45, 7) is 2.51. The lowest BCUT2D eigenvalue weighted by Crippen LogP contribution is -2.30. The fourth-order valence-electron chi connectivity index (χ4n) is 3.32. The number of nitrogens with two attached hydrogens (primary N) is 1. The van der Waals surface area contributed by atoms with E-state index in [4.69, 9.17) is 10.5 Å². The number of nitrogens with one attached hydrogen (secondary N) is 1. The lowest BCUT2D eigenvalue weighted by Gasteiger charge is -2.10. The first-order valence-corrected chi connectivity index (χ1v) is 9.66. The molecule has 0 saturated carbocycles. The summed E-state index contributed by atoms with van der Waals surface area (Å²) < 4.78 is 7.19. The van der Waals surface area contributed by atoms with Crippen LogP contribution in [0.1, 0.15) is 17.0 Å². The molecule has 4 aromatic rings. The van der Waals surface area contributed by atoms with Crippen molar-refractivity contribution in [1.82, 2.24) is 24.5 Å². The van der Waals surface area contributed by atoms with Crippen LogP contribution in [0.2, 0.25) is 0 Å². The minimum Gasteiger partial charge on any atom is -0.468 e. The lowest BCUT2D eigenvalue weighted by molar-refractivity contribution is 0.374. The van der Waals surface area contributed by atoms with E-state index in [1.165, 1.54) is 7.11 Å². The molecule has 0 spiro atoms. The number of anilines is 1. The van der Waals surface area contributed by atoms with Crippen LogP contribution in [-0.2, 0) is 13.1 Å². The van der Waals surface area contributed by atoms with Crippen molar-refractivity contribution in [2.45, 2.75) is 20.0 Å². The molecule has 0 saturated heterocycles. The Kier molecular flexibility index (Phi) is 5.80. The fourth-order valence-corrected chi connectivity index (χ4v) is 3.32. The molecule has 158 valence electrons. The Balaban J connectivity index is 1.70. The van der Waals surface area contributed by atoms with Gasteiger partial charge in [-0.1, -0.05) is 36.4 Å². The van der Waals surface area contributed by atoms with Crippen LogP contribution < -0.4 is 21.3 Å². The van der Waals surface area contributed by atoms with Gasteiger partial charge in [-0.2, -0.15) is 19.9 Å². The SMILES string of the molecule is COc1nc2c(CN)cccc2n1-c1nc(C)nc(NCc2cccc(B(O)O)c2)n1. The average Bonchev–Trinajstić information content (AvgIpc) is 3.16. The quantitative estimate of drug-likeness (QED) is 0.311. The largest absolute Gasteiger partial charge is 0.488 e. The second-order valence-electron chi connectivity index (χ2n) is 6.90. The molecule has 0 aliphatic heterocycles. The first-order valence-electron chi connectivity index (χ1n) is 9.66. The van der Waals surface area contributed by atoms with E-state index in [-0.39, 0.29) is 0 Å². The van der Waals surface area contributed by atoms with Crippen molar-refractivity contribution in [3.05, 3.63) is 59.4 Å². The monoisotopic (exact) mass is 419 g/mol. The molecule has 31 heavy (non-hydrogen) atoms. The van der Waals surface area contributed by atoms with Gasteiger partial charge in [0.25, 0.3) is 0 Å². The van der Waals surface area contributed by atoms with E-state index in [0.717, 1.165) is 22.2 Å². The van der Waals surface area contributed by atoms with Crippen molar-refractivity contribution >= 4 is 29.6 Å². The number of nitrogens with zero attached hydrogens (tertiary/aromatic N) is 5. The molecule has 0 fully saturated rings. The molecule has 0 unspecified atom stereocenters. The Labute approximate surface area is 178 Å². The van der Waals surface area contributed by atoms with Gasteiger partial charge in [-0.05, 0) is 29.6 Å². The van der Waals surface area contributed by atoms with E-state index >= 15 is 0 Å². The number of imidazole rings is 1. The smallest absolute Gasteiger partial charge is 0.468 e. The van der Waals surface area contributed by atoms with E-state index in [1.54, 1.807) is 29.7 Å². The van der Waals surface area contributed by atoms with Crippen molar-refractivity contribution in [2.24, 2.45) is 5.73 Å². The molecule has 0 aliphatic rings. The van der Waals surface area contributed by atoms with Gasteiger partial charge in [0.2, 0.25) is 11.9 Å². The number of benzene rings is 2. The zero-order valence-corrected chi connectivity index (χ0v) is 17.1. The van der Waals surface area contributed by atoms with E-state index < -0.39 is 7.12 Å². The normalized spacial score (nSPS) is 11.0. The maximum atomic E-state index is 9.36. The van der Waals surface area contributed by atoms with Crippen molar-refractivity contribution in [3.8, 4) is 12.0 Å². The number of hydrogen-bond acceptors (Lipinski definition) is 9. The molecule has 5 N–H and O–H groups in total. The summed E-state index contributed by atoms with van der Waals surface area (Å²) in [7, 11) is 0.0154. The summed E-state index contributed by atoms with van der Waals surface area (Å²) in [6, 6.07) is 13.0. The van der Waals surface area contributed by atoms with E-state index in [0.29, 0.717) is 42.3 Å². The summed E-state index contributed by atoms with van der Waals surface area (Å²) in [4.78, 5) is 17.9. The van der Waals surface area contributed by atoms with Gasteiger partial charge in [-0.25, -0.2) is 4.57 Å². The number of hydrogen-bond donors (Lipinski definition) is 4. The third-order valence-corrected chi connectivity index (χ3v) is 4.78. The zero-order chi connectivity index (χ0) is 22.0. The van der Waals surface area contributed by atoms with Crippen LogP contribution in [0, 0.1) is 6.92 Å². The maximum absolute atomic E-state index is 9.36. The first kappa shape index (κ1) is 20.7. The predicted molar refractivity (Wildman–Crippen MR) is 117 cm³/mol. The fraction of sp³-hybridized carbons (Fsp3) is 0.200. The van der Waals surface area contributed by atoms with Gasteiger partial charge < -0.3 is 25.8 Å². The van der Waals surface area contributed by atoms with Crippen molar-refractivity contribution in [2.75, 3.05) is 12.4 Å². The second-order valence-corrected chi connectivity index (χ2v) is 6.90. The Morgan fingerprint density at radius 3 is 2.65 bits per heavy atom. The van der Waals surface area contributed by atoms with Crippen LogP contribution in [0.15, 0.2) is 42.5 Å². The van der Waals surface area contributed by atoms with Crippen molar-refractivity contribution < 1.29 is 14.8 Å². The minimum atomic E-state index is -1.52. The van der Waals surface area contributed by atoms with E-state index in [2.05, 4.69) is 25.3 Å². The lowest BCUT2D eigenvalue weighted by atomic mass is 9.80. The number of methoxy groups -OCH3 is 1. The molecule has 0 radical (unpaired) electrons. The van der Waals surface area contributed by atoms with Gasteiger partial charge in [0.15, 0.2) is 0 Å². The third-order valence-electron chi connectivity index (χ3n) is 4.78. The van der Waals surface area contributed by atoms with Crippen LogP contribution >= 0.6 is 0 Å². The van der Waals surface area contributed by atoms with Gasteiger partial charge in [0, 0.05) is 13.1 Å². The molecule has 11 heteroatoms. The number of ether oxygens (including phenoxy) is 1. The van der Waals surface area contributed by atoms with Crippen LogP contribution in [0.5, 0.6) is 6.01 Å². The molecule has 4 rings (SSSR count). The van der Waals surface area contributed by atoms with Gasteiger partial charge in [0.05, 0.1) is 18.1 Å². The number of aromatic nitrogens is 5. The van der Waals surface area contributed by atoms with Crippen molar-refractivity contribution in [1.29, 1.82) is 0 Å². The number of aryl methyl sites for hydroxylation is 1. The number of rotatable bonds is 7. The molecular weight excluding hydrogens is 397 g/mol. The summed E-state index contributed by atoms with van der Waals surface area (Å²) in [5.74, 6) is 1.25. The molecule has 0 aliphatic carbocycles. The van der Waals surface area contributed by atoms with Crippen LogP contribution in [-0.4, -0.2) is 48.8 Å². The summed E-state index contributed by atoms with van der Waals surface area (Å²) >= 11 is 0. The van der Waals surface area contributed by atoms with Gasteiger partial charge in [-0.3, -0.25) is 0 Å². The maximum Gasteiger partial charge on any atom is 0.488 e. The highest BCUT2D eigenvalue weighted by molar-refractivity contribution is 6.58. The topological polar surface area (TPSA) is 144 Å². The highest BCUT2D eigenvalue weighted by Gasteiger charge is 2.18. The molecule has 2 aromatic carbocycles. The summed E-state index contributed by atoms with van der Waals surface area (Å²) in [6.07, 6.45) is 0. The number of para-hydroxylation sites is 1. The molecule has 2 aromatic heterocycles. The highest BCUT2D eigenvalue weighted by Crippen LogP contribution is 2.27. The van der Waals surface area contributed by atoms with Crippen LogP contribution in [0.4, 0.5) is 5.95 Å². The van der Waals surface area contributed by atoms with Crippen LogP contribution in [0.25, 0.3) is 17.0 Å². The van der Waals surface area contributed by atoms with Gasteiger partial charge in [-0.15, -0.1) is 0 Å². The first-order chi connectivity index (χ1) is 15.0. The van der Waals surface area contributed by atoms with E-state index in [9.17, 15) is 10.0 Å². The molecule has 0 bridgehead atoms. The van der Waals surface area contributed by atoms with Gasteiger partial charge in [0.1, 0.15) is 5.82 Å². The van der Waals surface area contributed by atoms with Gasteiger partial charge >= 0.3 is 13.1 Å². The van der Waals surface area contributed by atoms with E-state index in [1.807, 2.05) is 24.3 Å². The zero-order valence-electron chi connectivity index (χ0n) is 17.1. The van der Waals surface area contributed by atoms with Crippen LogP contribution in [0.3, 0.4) is 0 Å². The Bertz CT molecular complexity index is 1230. The van der Waals surface area contributed by atoms with Crippen molar-refractivity contribution in [3.63, 3.8) is 0 Å². The Hall–Kier alpha value is -3.54. The third kappa shape index (κ3) is 4.19. The average molecular weight is 419 g/mol. The molecule has 2 heterocycles. The standard InChI is InChI=1S/C20H22BN7O3/c1-12-24-18(23-11-13-5-3-7-15(9-13)21(29)30)27-19(25-12)28-16-8-4-6-14(10-22)17(16)26-20(28)31-2/h3-9,29-30H,10-11,22H2,1-2H3,(H,23,24,25,27).